The molecular weight excluding hydrogens is 278 g/mol. The number of aliphatic hydroxyl groups is 1. The van der Waals surface area contributed by atoms with Gasteiger partial charge in [0.15, 0.2) is 0 Å². The molecule has 1 heterocycles. The van der Waals surface area contributed by atoms with Gasteiger partial charge >= 0.3 is 0 Å². The van der Waals surface area contributed by atoms with E-state index in [9.17, 15) is 9.90 Å². The SMILES string of the molecule is CC(O)CC1CCCN1CCC(=O)Nc1ccccc1C#N. The van der Waals surface area contributed by atoms with E-state index in [-0.39, 0.29) is 12.0 Å². The summed E-state index contributed by atoms with van der Waals surface area (Å²) in [7, 11) is 0. The number of rotatable bonds is 6. The highest BCUT2D eigenvalue weighted by Crippen LogP contribution is 2.21. The molecule has 0 aromatic heterocycles. The molecule has 1 aliphatic heterocycles. The van der Waals surface area contributed by atoms with Crippen molar-refractivity contribution in [3.8, 4) is 6.07 Å². The Morgan fingerprint density at radius 3 is 3.05 bits per heavy atom. The Hall–Kier alpha value is -1.90. The smallest absolute Gasteiger partial charge is 0.225 e. The second-order valence-electron chi connectivity index (χ2n) is 5.87. The van der Waals surface area contributed by atoms with E-state index in [2.05, 4.69) is 16.3 Å². The Morgan fingerprint density at radius 2 is 2.32 bits per heavy atom. The van der Waals surface area contributed by atoms with Gasteiger partial charge in [0.25, 0.3) is 0 Å². The van der Waals surface area contributed by atoms with Gasteiger partial charge in [0.05, 0.1) is 17.4 Å². The first-order valence-corrected chi connectivity index (χ1v) is 7.81. The second kappa shape index (κ2) is 7.92. The number of hydrogen-bond donors (Lipinski definition) is 2. The summed E-state index contributed by atoms with van der Waals surface area (Å²) in [6, 6.07) is 9.45. The largest absolute Gasteiger partial charge is 0.393 e. The fourth-order valence-corrected chi connectivity index (χ4v) is 3.00. The third-order valence-electron chi connectivity index (χ3n) is 4.06. The first-order chi connectivity index (χ1) is 10.6. The lowest BCUT2D eigenvalue weighted by molar-refractivity contribution is -0.116. The summed E-state index contributed by atoms with van der Waals surface area (Å²) >= 11 is 0. The van der Waals surface area contributed by atoms with Gasteiger partial charge in [-0.3, -0.25) is 9.69 Å². The molecule has 5 heteroatoms. The zero-order chi connectivity index (χ0) is 15.9. The number of amides is 1. The molecule has 0 spiro atoms. The number of para-hydroxylation sites is 1. The molecule has 1 aliphatic rings. The first kappa shape index (κ1) is 16.5. The Bertz CT molecular complexity index is 551. The van der Waals surface area contributed by atoms with Crippen molar-refractivity contribution >= 4 is 11.6 Å². The standard InChI is InChI=1S/C17H23N3O2/c1-13(21)11-15-6-4-9-20(15)10-8-17(22)19-16-7-3-2-5-14(16)12-18/h2-3,5,7,13,15,21H,4,6,8-11H2,1H3,(H,19,22). The van der Waals surface area contributed by atoms with Gasteiger partial charge < -0.3 is 10.4 Å². The summed E-state index contributed by atoms with van der Waals surface area (Å²) in [6.07, 6.45) is 3.07. The molecule has 2 unspecified atom stereocenters. The Labute approximate surface area is 131 Å². The minimum absolute atomic E-state index is 0.0783. The predicted octanol–water partition coefficient (Wildman–Crippen LogP) is 2.12. The number of nitrogens with zero attached hydrogens (tertiary/aromatic N) is 2. The number of nitrogens with one attached hydrogen (secondary N) is 1. The summed E-state index contributed by atoms with van der Waals surface area (Å²) in [4.78, 5) is 14.3. The van der Waals surface area contributed by atoms with Crippen LogP contribution in [0.5, 0.6) is 0 Å². The summed E-state index contributed by atoms with van der Waals surface area (Å²) in [5.41, 5.74) is 1.04. The van der Waals surface area contributed by atoms with Crippen molar-refractivity contribution in [2.75, 3.05) is 18.4 Å². The molecule has 5 nitrogen and oxygen atoms in total. The lowest BCUT2D eigenvalue weighted by atomic mass is 10.1. The van der Waals surface area contributed by atoms with Crippen LogP contribution < -0.4 is 5.32 Å². The highest BCUT2D eigenvalue weighted by Gasteiger charge is 2.25. The van der Waals surface area contributed by atoms with Crippen molar-refractivity contribution in [1.29, 1.82) is 5.26 Å². The van der Waals surface area contributed by atoms with Crippen molar-refractivity contribution in [3.63, 3.8) is 0 Å². The molecule has 0 radical (unpaired) electrons. The van der Waals surface area contributed by atoms with Crippen molar-refractivity contribution in [2.45, 2.75) is 44.8 Å². The maximum Gasteiger partial charge on any atom is 0.225 e. The summed E-state index contributed by atoms with van der Waals surface area (Å²) in [6.45, 7) is 3.49. The molecule has 1 aromatic carbocycles. The Kier molecular flexibility index (Phi) is 5.93. The number of anilines is 1. The van der Waals surface area contributed by atoms with Crippen LogP contribution in [-0.2, 0) is 4.79 Å². The first-order valence-electron chi connectivity index (χ1n) is 7.81. The molecule has 2 N–H and O–H groups in total. The summed E-state index contributed by atoms with van der Waals surface area (Å²) in [5.74, 6) is -0.0783. The third kappa shape index (κ3) is 4.55. The molecule has 1 amide bonds. The normalized spacial score (nSPS) is 19.6. The Balaban J connectivity index is 1.84. The van der Waals surface area contributed by atoms with E-state index in [0.29, 0.717) is 30.3 Å². The van der Waals surface area contributed by atoms with E-state index in [1.54, 1.807) is 24.3 Å². The molecule has 0 aliphatic carbocycles. The lowest BCUT2D eigenvalue weighted by Gasteiger charge is -2.25. The average molecular weight is 301 g/mol. The molecule has 1 saturated heterocycles. The minimum Gasteiger partial charge on any atom is -0.393 e. The second-order valence-corrected chi connectivity index (χ2v) is 5.87. The number of likely N-dealkylation sites (tertiary alicyclic amines) is 1. The summed E-state index contributed by atoms with van der Waals surface area (Å²) in [5, 5.41) is 21.3. The van der Waals surface area contributed by atoms with Crippen LogP contribution >= 0.6 is 0 Å². The average Bonchev–Trinajstić information content (AvgIpc) is 2.92. The molecule has 22 heavy (non-hydrogen) atoms. The van der Waals surface area contributed by atoms with E-state index in [1.165, 1.54) is 0 Å². The van der Waals surface area contributed by atoms with Gasteiger partial charge in [0, 0.05) is 19.0 Å². The van der Waals surface area contributed by atoms with Crippen molar-refractivity contribution in [3.05, 3.63) is 29.8 Å². The van der Waals surface area contributed by atoms with Gasteiger partial charge in [-0.15, -0.1) is 0 Å². The molecule has 2 rings (SSSR count). The number of nitriles is 1. The quantitative estimate of drug-likeness (QED) is 0.844. The van der Waals surface area contributed by atoms with Gasteiger partial charge in [-0.1, -0.05) is 12.1 Å². The van der Waals surface area contributed by atoms with Crippen LogP contribution in [0, 0.1) is 11.3 Å². The number of benzene rings is 1. The molecule has 0 saturated carbocycles. The fourth-order valence-electron chi connectivity index (χ4n) is 3.00. The van der Waals surface area contributed by atoms with Crippen LogP contribution in [0.25, 0.3) is 0 Å². The highest BCUT2D eigenvalue weighted by molar-refractivity contribution is 5.92. The zero-order valence-electron chi connectivity index (χ0n) is 13.0. The van der Waals surface area contributed by atoms with E-state index in [1.807, 2.05) is 6.92 Å². The van der Waals surface area contributed by atoms with E-state index in [0.717, 1.165) is 25.8 Å². The van der Waals surface area contributed by atoms with Crippen molar-refractivity contribution in [1.82, 2.24) is 4.90 Å². The molecule has 1 fully saturated rings. The molecule has 118 valence electrons. The number of carbonyl (C=O) groups excluding carboxylic acids is 1. The predicted molar refractivity (Wildman–Crippen MR) is 85.3 cm³/mol. The number of carbonyl (C=O) groups is 1. The lowest BCUT2D eigenvalue weighted by Crippen LogP contribution is -2.34. The third-order valence-corrected chi connectivity index (χ3v) is 4.06. The highest BCUT2D eigenvalue weighted by atomic mass is 16.3. The minimum atomic E-state index is -0.304. The molecule has 1 aromatic rings. The maximum absolute atomic E-state index is 12.1. The Morgan fingerprint density at radius 1 is 1.55 bits per heavy atom. The van der Waals surface area contributed by atoms with Gasteiger partial charge in [0.2, 0.25) is 5.91 Å². The van der Waals surface area contributed by atoms with Crippen molar-refractivity contribution < 1.29 is 9.90 Å². The van der Waals surface area contributed by atoms with Gasteiger partial charge in [-0.05, 0) is 44.9 Å². The topological polar surface area (TPSA) is 76.4 Å². The molecule has 2 atom stereocenters. The molecular formula is C17H23N3O2. The van der Waals surface area contributed by atoms with E-state index < -0.39 is 0 Å². The van der Waals surface area contributed by atoms with Crippen LogP contribution in [0.15, 0.2) is 24.3 Å². The van der Waals surface area contributed by atoms with E-state index in [4.69, 9.17) is 5.26 Å². The zero-order valence-corrected chi connectivity index (χ0v) is 13.0. The van der Waals surface area contributed by atoms with E-state index >= 15 is 0 Å². The van der Waals surface area contributed by atoms with Gasteiger partial charge in [-0.2, -0.15) is 5.26 Å². The van der Waals surface area contributed by atoms with Gasteiger partial charge in [-0.25, -0.2) is 0 Å². The van der Waals surface area contributed by atoms with Crippen LogP contribution in [0.1, 0.15) is 38.2 Å². The fraction of sp³-hybridized carbons (Fsp3) is 0.529. The van der Waals surface area contributed by atoms with Crippen LogP contribution in [0.4, 0.5) is 5.69 Å². The van der Waals surface area contributed by atoms with Crippen LogP contribution in [-0.4, -0.2) is 41.1 Å². The van der Waals surface area contributed by atoms with Crippen LogP contribution in [0.2, 0.25) is 0 Å². The van der Waals surface area contributed by atoms with Crippen LogP contribution in [0.3, 0.4) is 0 Å². The number of aliphatic hydroxyl groups excluding tert-OH is 1. The van der Waals surface area contributed by atoms with Crippen molar-refractivity contribution in [2.24, 2.45) is 0 Å². The maximum atomic E-state index is 12.1. The summed E-state index contributed by atoms with van der Waals surface area (Å²) < 4.78 is 0. The number of hydrogen-bond acceptors (Lipinski definition) is 4. The monoisotopic (exact) mass is 301 g/mol. The molecule has 0 bridgehead atoms. The van der Waals surface area contributed by atoms with Gasteiger partial charge in [0.1, 0.15) is 6.07 Å².